The molecule has 1 N–H and O–H groups in total. The molecule has 1 aliphatic rings. The minimum atomic E-state index is -3.40. The Hall–Kier alpha value is -2.46. The van der Waals surface area contributed by atoms with Gasteiger partial charge >= 0.3 is 5.69 Å². The van der Waals surface area contributed by atoms with E-state index in [2.05, 4.69) is 4.98 Å². The highest BCUT2D eigenvalue weighted by Gasteiger charge is 2.26. The highest BCUT2D eigenvalue weighted by atomic mass is 32.2. The highest BCUT2D eigenvalue weighted by Crippen LogP contribution is 2.33. The number of aromatic nitrogens is 2. The van der Waals surface area contributed by atoms with Crippen LogP contribution in [0.15, 0.2) is 40.1 Å². The molecule has 0 aliphatic heterocycles. The molecule has 1 aromatic carbocycles. The standard InChI is InChI=1S/C23H31FN2O6S/c1-16(2)19(18-6-7-20(24)21(12-18)32-13-17-4-5-17)14-33(29,30)11-3-10-31-15-26-9-8-22(27)25-23(26)28/h6-9,12,16-17,19H,3-5,10-11,13-15H2,1-2H3,(H,25,27,28). The molecule has 1 atom stereocenters. The molecule has 10 heteroatoms. The summed E-state index contributed by atoms with van der Waals surface area (Å²) in [4.78, 5) is 24.8. The molecule has 1 aliphatic carbocycles. The maximum absolute atomic E-state index is 14.2. The van der Waals surface area contributed by atoms with Crippen LogP contribution in [-0.4, -0.2) is 42.7 Å². The van der Waals surface area contributed by atoms with Gasteiger partial charge in [0.1, 0.15) is 6.73 Å². The van der Waals surface area contributed by atoms with Crippen molar-refractivity contribution < 1.29 is 22.3 Å². The molecule has 3 rings (SSSR count). The Morgan fingerprint density at radius 2 is 1.97 bits per heavy atom. The number of ether oxygens (including phenoxy) is 2. The van der Waals surface area contributed by atoms with E-state index < -0.39 is 26.9 Å². The first-order chi connectivity index (χ1) is 15.6. The largest absolute Gasteiger partial charge is 0.490 e. The number of nitrogens with one attached hydrogen (secondary N) is 1. The number of hydrogen-bond acceptors (Lipinski definition) is 6. The number of H-pyrrole nitrogens is 1. The number of hydrogen-bond donors (Lipinski definition) is 1. The van der Waals surface area contributed by atoms with Gasteiger partial charge in [-0.15, -0.1) is 0 Å². The second-order valence-corrected chi connectivity index (χ2v) is 11.1. The summed E-state index contributed by atoms with van der Waals surface area (Å²) < 4.78 is 51.9. The minimum absolute atomic E-state index is 0.0323. The number of rotatable bonds is 13. The van der Waals surface area contributed by atoms with Crippen LogP contribution in [0, 0.1) is 17.7 Å². The molecule has 1 heterocycles. The van der Waals surface area contributed by atoms with Gasteiger partial charge in [-0.05, 0) is 48.8 Å². The lowest BCUT2D eigenvalue weighted by molar-refractivity contribution is 0.0745. The molecular formula is C23H31FN2O6S. The fraction of sp³-hybridized carbons (Fsp3) is 0.565. The van der Waals surface area contributed by atoms with Gasteiger partial charge in [-0.3, -0.25) is 14.3 Å². The average molecular weight is 483 g/mol. The number of halogens is 1. The molecule has 8 nitrogen and oxygen atoms in total. The van der Waals surface area contributed by atoms with Crippen LogP contribution in [0.5, 0.6) is 5.75 Å². The molecule has 0 amide bonds. The van der Waals surface area contributed by atoms with Crippen molar-refractivity contribution in [2.45, 2.75) is 45.8 Å². The molecule has 0 spiro atoms. The van der Waals surface area contributed by atoms with Crippen molar-refractivity contribution in [1.82, 2.24) is 9.55 Å². The smallest absolute Gasteiger partial charge is 0.330 e. The summed E-state index contributed by atoms with van der Waals surface area (Å²) in [6.07, 6.45) is 3.78. The van der Waals surface area contributed by atoms with Crippen molar-refractivity contribution in [3.05, 3.63) is 62.7 Å². The predicted octanol–water partition coefficient (Wildman–Crippen LogP) is 2.68. The molecule has 0 bridgehead atoms. The summed E-state index contributed by atoms with van der Waals surface area (Å²) in [5.41, 5.74) is -0.339. The molecule has 182 valence electrons. The van der Waals surface area contributed by atoms with E-state index in [9.17, 15) is 22.4 Å². The first-order valence-electron chi connectivity index (χ1n) is 11.1. The Bertz CT molecular complexity index is 1150. The van der Waals surface area contributed by atoms with E-state index in [1.165, 1.54) is 22.9 Å². The minimum Gasteiger partial charge on any atom is -0.490 e. The number of sulfone groups is 1. The second-order valence-electron chi connectivity index (χ2n) is 8.88. The normalized spacial score (nSPS) is 15.0. The maximum atomic E-state index is 14.2. The first kappa shape index (κ1) is 25.2. The first-order valence-corrected chi connectivity index (χ1v) is 13.0. The Kier molecular flexibility index (Phi) is 8.47. The number of benzene rings is 1. The van der Waals surface area contributed by atoms with Gasteiger partial charge in [0.15, 0.2) is 21.4 Å². The highest BCUT2D eigenvalue weighted by molar-refractivity contribution is 7.91. The fourth-order valence-corrected chi connectivity index (χ4v) is 5.32. The van der Waals surface area contributed by atoms with Crippen LogP contribution in [0.3, 0.4) is 0 Å². The Balaban J connectivity index is 1.54. The van der Waals surface area contributed by atoms with Crippen molar-refractivity contribution in [2.24, 2.45) is 11.8 Å². The Morgan fingerprint density at radius 3 is 2.64 bits per heavy atom. The van der Waals surface area contributed by atoms with Crippen LogP contribution >= 0.6 is 0 Å². The van der Waals surface area contributed by atoms with Gasteiger partial charge in [0.25, 0.3) is 5.56 Å². The quantitative estimate of drug-likeness (QED) is 0.440. The number of nitrogens with zero attached hydrogens (tertiary/aromatic N) is 1. The lowest BCUT2D eigenvalue weighted by Gasteiger charge is -2.22. The summed E-state index contributed by atoms with van der Waals surface area (Å²) in [5, 5.41) is 0. The van der Waals surface area contributed by atoms with Gasteiger partial charge in [-0.2, -0.15) is 0 Å². The maximum Gasteiger partial charge on any atom is 0.330 e. The third-order valence-corrected chi connectivity index (χ3v) is 7.44. The average Bonchev–Trinajstić information content (AvgIpc) is 3.57. The lowest BCUT2D eigenvalue weighted by Crippen LogP contribution is -2.29. The van der Waals surface area contributed by atoms with E-state index in [4.69, 9.17) is 9.47 Å². The van der Waals surface area contributed by atoms with E-state index in [1.54, 1.807) is 12.1 Å². The molecule has 1 aromatic heterocycles. The van der Waals surface area contributed by atoms with Gasteiger partial charge in [-0.1, -0.05) is 19.9 Å². The van der Waals surface area contributed by atoms with Crippen molar-refractivity contribution in [2.75, 3.05) is 24.7 Å². The van der Waals surface area contributed by atoms with Crippen molar-refractivity contribution in [3.63, 3.8) is 0 Å². The summed E-state index contributed by atoms with van der Waals surface area (Å²) in [5.74, 6) is -0.165. The molecule has 1 unspecified atom stereocenters. The molecular weight excluding hydrogens is 451 g/mol. The monoisotopic (exact) mass is 482 g/mol. The van der Waals surface area contributed by atoms with Crippen LogP contribution in [0.25, 0.3) is 0 Å². The molecule has 0 radical (unpaired) electrons. The Labute approximate surface area is 192 Å². The molecule has 2 aromatic rings. The van der Waals surface area contributed by atoms with Gasteiger partial charge in [-0.25, -0.2) is 17.6 Å². The van der Waals surface area contributed by atoms with Gasteiger partial charge in [0.05, 0.1) is 18.1 Å². The van der Waals surface area contributed by atoms with Gasteiger partial charge in [0.2, 0.25) is 0 Å². The van der Waals surface area contributed by atoms with Crippen LogP contribution in [0.4, 0.5) is 4.39 Å². The van der Waals surface area contributed by atoms with Crippen LogP contribution < -0.4 is 16.0 Å². The van der Waals surface area contributed by atoms with Gasteiger partial charge < -0.3 is 9.47 Å². The number of aromatic amines is 1. The zero-order valence-corrected chi connectivity index (χ0v) is 19.8. The second kappa shape index (κ2) is 11.1. The summed E-state index contributed by atoms with van der Waals surface area (Å²) >= 11 is 0. The molecule has 0 saturated heterocycles. The summed E-state index contributed by atoms with van der Waals surface area (Å²) in [6, 6.07) is 5.80. The van der Waals surface area contributed by atoms with Crippen molar-refractivity contribution >= 4 is 9.84 Å². The van der Waals surface area contributed by atoms with Crippen LogP contribution in [0.1, 0.15) is 44.6 Å². The van der Waals surface area contributed by atoms with E-state index in [-0.39, 0.29) is 48.8 Å². The van der Waals surface area contributed by atoms with Crippen molar-refractivity contribution in [1.29, 1.82) is 0 Å². The predicted molar refractivity (Wildman–Crippen MR) is 123 cm³/mol. The third-order valence-electron chi connectivity index (χ3n) is 5.66. The lowest BCUT2D eigenvalue weighted by atomic mass is 9.90. The fourth-order valence-electron chi connectivity index (χ4n) is 3.47. The summed E-state index contributed by atoms with van der Waals surface area (Å²) in [7, 11) is -3.40. The SMILES string of the molecule is CC(C)C(CS(=O)(=O)CCCOCn1ccc(=O)[nH]c1=O)c1ccc(F)c(OCC2CC2)c1. The molecule has 1 fully saturated rings. The topological polar surface area (TPSA) is 107 Å². The van der Waals surface area contributed by atoms with E-state index in [0.717, 1.165) is 18.4 Å². The zero-order chi connectivity index (χ0) is 24.0. The van der Waals surface area contributed by atoms with Crippen LogP contribution in [0.2, 0.25) is 0 Å². The zero-order valence-electron chi connectivity index (χ0n) is 19.0. The van der Waals surface area contributed by atoms with E-state index in [0.29, 0.717) is 12.5 Å². The van der Waals surface area contributed by atoms with E-state index >= 15 is 0 Å². The van der Waals surface area contributed by atoms with Crippen molar-refractivity contribution in [3.8, 4) is 5.75 Å². The third kappa shape index (κ3) is 7.82. The molecule has 1 saturated carbocycles. The van der Waals surface area contributed by atoms with E-state index in [1.807, 2.05) is 13.8 Å². The summed E-state index contributed by atoms with van der Waals surface area (Å²) in [6.45, 7) is 4.44. The van der Waals surface area contributed by atoms with Crippen LogP contribution in [-0.2, 0) is 21.3 Å². The molecule has 33 heavy (non-hydrogen) atoms. The van der Waals surface area contributed by atoms with Gasteiger partial charge in [0, 0.05) is 24.8 Å². The Morgan fingerprint density at radius 1 is 1.21 bits per heavy atom.